The number of nitrogens with zero attached hydrogens (tertiary/aromatic N) is 3. The van der Waals surface area contributed by atoms with Gasteiger partial charge in [-0.1, -0.05) is 36.4 Å². The summed E-state index contributed by atoms with van der Waals surface area (Å²) in [6.07, 6.45) is -1.12. The Morgan fingerprint density at radius 1 is 0.830 bits per heavy atom. The second kappa shape index (κ2) is 22.5. The van der Waals surface area contributed by atoms with Crippen molar-refractivity contribution >= 4 is 35.7 Å². The molecule has 0 amide bonds. The highest BCUT2D eigenvalue weighted by molar-refractivity contribution is 5.73. The van der Waals surface area contributed by atoms with Gasteiger partial charge >= 0.3 is 30.5 Å². The van der Waals surface area contributed by atoms with Crippen LogP contribution in [-0.4, -0.2) is 83.8 Å². The summed E-state index contributed by atoms with van der Waals surface area (Å²) in [5.41, 5.74) is 7.43. The van der Waals surface area contributed by atoms with Crippen LogP contribution in [0.4, 0.5) is 45.2 Å². The Bertz CT molecular complexity index is 1540. The number of aromatic amines is 1. The maximum atomic E-state index is 10.6. The topological polar surface area (TPSA) is 163 Å². The number of aliphatic carboxylic acids is 3. The number of halogens is 9. The van der Waals surface area contributed by atoms with Crippen LogP contribution in [0, 0.1) is 13.8 Å². The number of benzene rings is 1. The first-order valence-electron chi connectivity index (χ1n) is 15.1. The lowest BCUT2D eigenvalue weighted by atomic mass is 10.1. The van der Waals surface area contributed by atoms with Crippen LogP contribution in [0.25, 0.3) is 12.2 Å². The zero-order chi connectivity index (χ0) is 41.0. The number of rotatable bonds is 11. The van der Waals surface area contributed by atoms with Crippen molar-refractivity contribution in [3.8, 4) is 0 Å². The molecule has 20 heteroatoms. The minimum atomic E-state index is -5.19. The molecule has 294 valence electrons. The zero-order valence-electron chi connectivity index (χ0n) is 28.7. The number of aromatic nitrogens is 3. The van der Waals surface area contributed by atoms with E-state index >= 15 is 0 Å². The highest BCUT2D eigenvalue weighted by Gasteiger charge is 2.38. The second-order valence-corrected chi connectivity index (χ2v) is 10.7. The highest BCUT2D eigenvalue weighted by Crippen LogP contribution is 2.15. The number of hydrogen-bond acceptors (Lipinski definition) is 7. The van der Waals surface area contributed by atoms with Crippen LogP contribution < -0.4 is 19.9 Å². The minimum Gasteiger partial charge on any atom is -0.542 e. The van der Waals surface area contributed by atoms with E-state index in [0.29, 0.717) is 0 Å². The van der Waals surface area contributed by atoms with Gasteiger partial charge in [0.05, 0.1) is 6.33 Å². The molecule has 0 bridgehead atoms. The summed E-state index contributed by atoms with van der Waals surface area (Å²) in [4.78, 5) is 35.9. The molecule has 53 heavy (non-hydrogen) atoms. The van der Waals surface area contributed by atoms with Gasteiger partial charge in [-0.15, -0.1) is 0 Å². The molecule has 0 fully saturated rings. The van der Waals surface area contributed by atoms with Crippen molar-refractivity contribution in [1.29, 1.82) is 0 Å². The summed E-state index contributed by atoms with van der Waals surface area (Å²) >= 11 is 0. The van der Waals surface area contributed by atoms with Gasteiger partial charge in [0.1, 0.15) is 12.5 Å². The van der Waals surface area contributed by atoms with Crippen LogP contribution in [0.1, 0.15) is 34.6 Å². The fourth-order valence-corrected chi connectivity index (χ4v) is 3.76. The van der Waals surface area contributed by atoms with Crippen molar-refractivity contribution in [2.45, 2.75) is 51.8 Å². The van der Waals surface area contributed by atoms with Gasteiger partial charge < -0.3 is 35.3 Å². The fraction of sp³-hybridized carbons (Fsp3) is 0.364. The van der Waals surface area contributed by atoms with Gasteiger partial charge in [-0.25, -0.2) is 19.1 Å². The number of hydrogen-bond donors (Lipinski definition) is 4. The molecule has 0 unspecified atom stereocenters. The van der Waals surface area contributed by atoms with Gasteiger partial charge in [-0.3, -0.25) is 0 Å². The van der Waals surface area contributed by atoms with Crippen molar-refractivity contribution in [3.05, 3.63) is 89.3 Å². The van der Waals surface area contributed by atoms with Crippen molar-refractivity contribution in [3.63, 3.8) is 0 Å². The van der Waals surface area contributed by atoms with Crippen molar-refractivity contribution in [2.75, 3.05) is 32.1 Å². The molecule has 0 aliphatic heterocycles. The Labute approximate surface area is 298 Å². The molecule has 2 heterocycles. The number of anilines is 1. The van der Waals surface area contributed by atoms with Crippen molar-refractivity contribution in [2.24, 2.45) is 0 Å². The van der Waals surface area contributed by atoms with Gasteiger partial charge in [0, 0.05) is 83.6 Å². The molecule has 0 aliphatic rings. The highest BCUT2D eigenvalue weighted by atomic mass is 19.4. The van der Waals surface area contributed by atoms with E-state index in [-0.39, 0.29) is 0 Å². The predicted octanol–water partition coefficient (Wildman–Crippen LogP) is 4.89. The van der Waals surface area contributed by atoms with Crippen LogP contribution in [-0.2, 0) is 27.3 Å². The number of imidazole rings is 1. The summed E-state index contributed by atoms with van der Waals surface area (Å²) in [6.45, 7) is 7.40. The molecule has 3 rings (SSSR count). The second-order valence-electron chi connectivity index (χ2n) is 10.7. The molecule has 3 aromatic rings. The molecule has 0 atom stereocenters. The Morgan fingerprint density at radius 2 is 1.28 bits per heavy atom. The van der Waals surface area contributed by atoms with E-state index in [9.17, 15) is 39.5 Å². The summed E-state index contributed by atoms with van der Waals surface area (Å²) in [6, 6.07) is 13.1. The predicted molar refractivity (Wildman–Crippen MR) is 173 cm³/mol. The number of pyridine rings is 1. The number of H-pyrrole nitrogens is 1. The van der Waals surface area contributed by atoms with E-state index in [4.69, 9.17) is 29.7 Å². The molecule has 0 saturated carbocycles. The van der Waals surface area contributed by atoms with E-state index in [1.165, 1.54) is 33.9 Å². The normalized spacial score (nSPS) is 11.5. The monoisotopic (exact) mass is 771 g/mol. The maximum absolute atomic E-state index is 10.6. The number of nitrogens with one attached hydrogen (secondary N) is 2. The van der Waals surface area contributed by atoms with Crippen LogP contribution in [0.5, 0.6) is 0 Å². The number of carboxylic acids is 3. The van der Waals surface area contributed by atoms with Gasteiger partial charge in [0.25, 0.3) is 0 Å². The van der Waals surface area contributed by atoms with Crippen LogP contribution in [0.15, 0.2) is 61.1 Å². The first-order valence-corrected chi connectivity index (χ1v) is 15.1. The molecular weight excluding hydrogens is 733 g/mol. The smallest absolute Gasteiger partial charge is 0.490 e. The standard InChI is InChI=1S/C27H36N5.3C2HF3O2/c1-22-18-25(9-6-5-8-24-10-12-27(13-11-24)31(3)4)19-23(2)32(22)17-7-15-28-16-14-26-20-29-21-30-26;3*3-2(4,5)1(6)7/h5-6,8-13,18-21,28H,7,14-17H2,1-4H3,(H,29,30);3*(H,6,7)/q+1;;;/p-1. The van der Waals surface area contributed by atoms with E-state index in [2.05, 4.69) is 113 Å². The molecule has 0 radical (unpaired) electrons. The third-order valence-electron chi connectivity index (χ3n) is 6.28. The molecule has 11 nitrogen and oxygen atoms in total. The average molecular weight is 772 g/mol. The third-order valence-corrected chi connectivity index (χ3v) is 6.28. The Hall–Kier alpha value is -5.40. The number of carbonyl (C=O) groups excluding carboxylic acids is 1. The lowest BCUT2D eigenvalue weighted by Crippen LogP contribution is -2.41. The quantitative estimate of drug-likeness (QED) is 0.0921. The maximum Gasteiger partial charge on any atom is 0.490 e. The SMILES string of the molecule is Cc1cc(/C=C/C=C/c2ccc(N(C)C)cc2)cc(C)[n+]1CCCNCCc1cnc[nH]1.O=C(O)C(F)(F)F.O=C(O)C(F)(F)F.O=C([O-])C(F)(F)F. The molecular formula is C33H38F9N5O6. The number of carboxylic acid groups (broad SMARTS) is 3. The summed E-state index contributed by atoms with van der Waals surface area (Å²) in [7, 11) is 4.12. The lowest BCUT2D eigenvalue weighted by Gasteiger charge is -2.11. The molecule has 2 aromatic heterocycles. The van der Waals surface area contributed by atoms with E-state index in [1.807, 2.05) is 6.20 Å². The molecule has 0 aliphatic carbocycles. The number of allylic oxidation sites excluding steroid dienone is 2. The Kier molecular flexibility index (Phi) is 20.2. The number of carbonyl (C=O) groups is 3. The van der Waals surface area contributed by atoms with Gasteiger partial charge in [-0.2, -0.15) is 39.5 Å². The first-order chi connectivity index (χ1) is 24.4. The number of aryl methyl sites for hydroxylation is 2. The largest absolute Gasteiger partial charge is 0.542 e. The Morgan fingerprint density at radius 3 is 1.66 bits per heavy atom. The lowest BCUT2D eigenvalue weighted by molar-refractivity contribution is -0.708. The van der Waals surface area contributed by atoms with Crippen molar-refractivity contribution in [1.82, 2.24) is 15.3 Å². The zero-order valence-corrected chi connectivity index (χ0v) is 28.7. The van der Waals surface area contributed by atoms with E-state index in [1.54, 1.807) is 6.33 Å². The Balaban J connectivity index is 0.00000105. The number of alkyl halides is 9. The molecule has 4 N–H and O–H groups in total. The van der Waals surface area contributed by atoms with Crippen molar-refractivity contribution < 1.29 is 73.8 Å². The third kappa shape index (κ3) is 21.5. The van der Waals surface area contributed by atoms with E-state index in [0.717, 1.165) is 32.5 Å². The van der Waals surface area contributed by atoms with Crippen LogP contribution in [0.2, 0.25) is 0 Å². The minimum absolute atomic E-state index is 0.974. The molecule has 0 spiro atoms. The molecule has 0 saturated heterocycles. The average Bonchev–Trinajstić information content (AvgIpc) is 3.55. The van der Waals surface area contributed by atoms with Gasteiger partial charge in [0.15, 0.2) is 11.4 Å². The van der Waals surface area contributed by atoms with Crippen LogP contribution >= 0.6 is 0 Å². The fourth-order valence-electron chi connectivity index (χ4n) is 3.76. The summed E-state index contributed by atoms with van der Waals surface area (Å²) in [5, 5.41) is 26.6. The van der Waals surface area contributed by atoms with Gasteiger partial charge in [-0.05, 0) is 23.3 Å². The summed E-state index contributed by atoms with van der Waals surface area (Å²) in [5.74, 6) is -8.52. The van der Waals surface area contributed by atoms with E-state index < -0.39 is 36.4 Å². The first kappa shape index (κ1) is 47.6. The summed E-state index contributed by atoms with van der Waals surface area (Å²) < 4.78 is 97.4. The van der Waals surface area contributed by atoms with Gasteiger partial charge in [0.2, 0.25) is 0 Å². The van der Waals surface area contributed by atoms with Crippen LogP contribution in [0.3, 0.4) is 0 Å². The molecule has 1 aromatic carbocycles.